The summed E-state index contributed by atoms with van der Waals surface area (Å²) < 4.78 is 10.4. The van der Waals surface area contributed by atoms with E-state index in [1.807, 2.05) is 6.92 Å². The molecule has 0 amide bonds. The SMILES string of the molecule is CCOc1ccc(C(=O)OC(C)C(C)(C)C#N)cn1. The van der Waals surface area contributed by atoms with Gasteiger partial charge < -0.3 is 9.47 Å². The molecule has 0 aliphatic rings. The van der Waals surface area contributed by atoms with Gasteiger partial charge in [0.2, 0.25) is 5.88 Å². The molecular weight excluding hydrogens is 244 g/mol. The Kier molecular flexibility index (Phi) is 4.87. The zero-order chi connectivity index (χ0) is 14.5. The molecule has 0 spiro atoms. The minimum atomic E-state index is -0.728. The topological polar surface area (TPSA) is 72.2 Å². The third kappa shape index (κ3) is 3.95. The van der Waals surface area contributed by atoms with Crippen LogP contribution < -0.4 is 4.74 Å². The standard InChI is InChI=1S/C14H18N2O3/c1-5-18-12-7-6-11(8-16-12)13(17)19-10(2)14(3,4)9-15/h6-8,10H,5H2,1-4H3. The van der Waals surface area contributed by atoms with E-state index in [2.05, 4.69) is 11.1 Å². The van der Waals surface area contributed by atoms with Crippen molar-refractivity contribution >= 4 is 5.97 Å². The second-order valence-corrected chi connectivity index (χ2v) is 4.70. The van der Waals surface area contributed by atoms with Crippen LogP contribution in [0.25, 0.3) is 0 Å². The van der Waals surface area contributed by atoms with Gasteiger partial charge in [-0.05, 0) is 33.8 Å². The molecule has 0 saturated heterocycles. The summed E-state index contributed by atoms with van der Waals surface area (Å²) in [5, 5.41) is 8.97. The van der Waals surface area contributed by atoms with E-state index >= 15 is 0 Å². The molecule has 5 nitrogen and oxygen atoms in total. The van der Waals surface area contributed by atoms with Crippen LogP contribution in [0.5, 0.6) is 5.88 Å². The molecule has 0 aliphatic heterocycles. The van der Waals surface area contributed by atoms with Crippen molar-refractivity contribution in [2.75, 3.05) is 6.61 Å². The van der Waals surface area contributed by atoms with Gasteiger partial charge in [0, 0.05) is 12.3 Å². The maximum atomic E-state index is 11.9. The summed E-state index contributed by atoms with van der Waals surface area (Å²) in [4.78, 5) is 15.9. The van der Waals surface area contributed by atoms with Crippen LogP contribution in [-0.4, -0.2) is 23.7 Å². The second kappa shape index (κ2) is 6.19. The minimum Gasteiger partial charge on any atom is -0.478 e. The molecule has 1 aromatic rings. The van der Waals surface area contributed by atoms with Gasteiger partial charge in [-0.3, -0.25) is 0 Å². The van der Waals surface area contributed by atoms with Gasteiger partial charge in [0.1, 0.15) is 6.10 Å². The molecule has 0 aromatic carbocycles. The number of esters is 1. The molecule has 5 heteroatoms. The van der Waals surface area contributed by atoms with E-state index in [0.717, 1.165) is 0 Å². The van der Waals surface area contributed by atoms with Crippen molar-refractivity contribution in [2.45, 2.75) is 33.8 Å². The molecule has 0 radical (unpaired) electrons. The van der Waals surface area contributed by atoms with Gasteiger partial charge in [0.05, 0.1) is 23.7 Å². The van der Waals surface area contributed by atoms with Gasteiger partial charge in [-0.2, -0.15) is 5.26 Å². The van der Waals surface area contributed by atoms with Crippen molar-refractivity contribution in [2.24, 2.45) is 5.41 Å². The van der Waals surface area contributed by atoms with E-state index in [0.29, 0.717) is 18.1 Å². The van der Waals surface area contributed by atoms with Crippen LogP contribution in [-0.2, 0) is 4.74 Å². The molecule has 102 valence electrons. The monoisotopic (exact) mass is 262 g/mol. The van der Waals surface area contributed by atoms with Crippen LogP contribution in [0.15, 0.2) is 18.3 Å². The van der Waals surface area contributed by atoms with E-state index < -0.39 is 17.5 Å². The lowest BCUT2D eigenvalue weighted by molar-refractivity contribution is 0.0129. The Morgan fingerprint density at radius 3 is 2.68 bits per heavy atom. The molecule has 0 fully saturated rings. The summed E-state index contributed by atoms with van der Waals surface area (Å²) >= 11 is 0. The number of nitriles is 1. The Hall–Kier alpha value is -2.09. The highest BCUT2D eigenvalue weighted by Gasteiger charge is 2.29. The van der Waals surface area contributed by atoms with Crippen LogP contribution in [0.1, 0.15) is 38.1 Å². The predicted molar refractivity (Wildman–Crippen MR) is 69.7 cm³/mol. The van der Waals surface area contributed by atoms with Crippen molar-refractivity contribution in [1.29, 1.82) is 5.26 Å². The summed E-state index contributed by atoms with van der Waals surface area (Å²) in [6.07, 6.45) is 0.899. The van der Waals surface area contributed by atoms with Gasteiger partial charge in [-0.25, -0.2) is 9.78 Å². The van der Waals surface area contributed by atoms with Crippen LogP contribution in [0, 0.1) is 16.7 Å². The normalized spacial score (nSPS) is 12.4. The van der Waals surface area contributed by atoms with E-state index in [-0.39, 0.29) is 0 Å². The first-order valence-electron chi connectivity index (χ1n) is 6.11. The number of aromatic nitrogens is 1. The average Bonchev–Trinajstić information content (AvgIpc) is 2.39. The second-order valence-electron chi connectivity index (χ2n) is 4.70. The molecular formula is C14H18N2O3. The van der Waals surface area contributed by atoms with E-state index in [9.17, 15) is 4.79 Å². The summed E-state index contributed by atoms with van der Waals surface area (Å²) in [6.45, 7) is 7.52. The van der Waals surface area contributed by atoms with Crippen LogP contribution >= 0.6 is 0 Å². The highest BCUT2D eigenvalue weighted by Crippen LogP contribution is 2.22. The molecule has 0 bridgehead atoms. The molecule has 0 N–H and O–H groups in total. The van der Waals surface area contributed by atoms with Gasteiger partial charge >= 0.3 is 5.97 Å². The van der Waals surface area contributed by atoms with Crippen LogP contribution in [0.3, 0.4) is 0 Å². The first-order valence-corrected chi connectivity index (χ1v) is 6.11. The number of pyridine rings is 1. The molecule has 19 heavy (non-hydrogen) atoms. The first-order chi connectivity index (χ1) is 8.90. The van der Waals surface area contributed by atoms with E-state index in [1.54, 1.807) is 32.9 Å². The highest BCUT2D eigenvalue weighted by atomic mass is 16.5. The van der Waals surface area contributed by atoms with Crippen molar-refractivity contribution in [3.8, 4) is 11.9 Å². The van der Waals surface area contributed by atoms with Gasteiger partial charge in [-0.15, -0.1) is 0 Å². The van der Waals surface area contributed by atoms with Crippen molar-refractivity contribution in [3.05, 3.63) is 23.9 Å². The summed E-state index contributed by atoms with van der Waals surface area (Å²) in [5.41, 5.74) is -0.391. The number of hydrogen-bond donors (Lipinski definition) is 0. The maximum absolute atomic E-state index is 11.9. The number of carbonyl (C=O) groups is 1. The lowest BCUT2D eigenvalue weighted by atomic mass is 9.89. The first kappa shape index (κ1) is 15.0. The number of nitrogens with zero attached hydrogens (tertiary/aromatic N) is 2. The minimum absolute atomic E-state index is 0.337. The van der Waals surface area contributed by atoms with E-state index in [4.69, 9.17) is 14.7 Å². The lowest BCUT2D eigenvalue weighted by Gasteiger charge is -2.24. The average molecular weight is 262 g/mol. The third-order valence-corrected chi connectivity index (χ3v) is 2.85. The molecule has 1 aromatic heterocycles. The predicted octanol–water partition coefficient (Wildman–Crippen LogP) is 2.58. The number of rotatable bonds is 5. The van der Waals surface area contributed by atoms with Gasteiger partial charge in [0.25, 0.3) is 0 Å². The molecule has 1 rings (SSSR count). The van der Waals surface area contributed by atoms with Crippen molar-refractivity contribution in [1.82, 2.24) is 4.98 Å². The lowest BCUT2D eigenvalue weighted by Crippen LogP contribution is -2.30. The quantitative estimate of drug-likeness (QED) is 0.762. The van der Waals surface area contributed by atoms with Crippen LogP contribution in [0.2, 0.25) is 0 Å². The zero-order valence-electron chi connectivity index (χ0n) is 11.6. The fourth-order valence-electron chi connectivity index (χ4n) is 1.20. The summed E-state index contributed by atoms with van der Waals surface area (Å²) in [6, 6.07) is 5.31. The third-order valence-electron chi connectivity index (χ3n) is 2.85. The molecule has 1 atom stereocenters. The largest absolute Gasteiger partial charge is 0.478 e. The molecule has 0 aliphatic carbocycles. The van der Waals surface area contributed by atoms with Gasteiger partial charge in [0.15, 0.2) is 0 Å². The Balaban J connectivity index is 2.71. The molecule has 1 heterocycles. The fraction of sp³-hybridized carbons (Fsp3) is 0.500. The molecule has 1 unspecified atom stereocenters. The van der Waals surface area contributed by atoms with Crippen molar-refractivity contribution in [3.63, 3.8) is 0 Å². The zero-order valence-corrected chi connectivity index (χ0v) is 11.6. The Labute approximate surface area is 113 Å². The van der Waals surface area contributed by atoms with Crippen molar-refractivity contribution < 1.29 is 14.3 Å². The Bertz CT molecular complexity index is 474. The maximum Gasteiger partial charge on any atom is 0.340 e. The summed E-state index contributed by atoms with van der Waals surface area (Å²) in [5.74, 6) is -0.0316. The van der Waals surface area contributed by atoms with E-state index in [1.165, 1.54) is 6.20 Å². The number of hydrogen-bond acceptors (Lipinski definition) is 5. The smallest absolute Gasteiger partial charge is 0.340 e. The highest BCUT2D eigenvalue weighted by molar-refractivity contribution is 5.89. The number of carbonyl (C=O) groups excluding carboxylic acids is 1. The fourth-order valence-corrected chi connectivity index (χ4v) is 1.20. The Morgan fingerprint density at radius 2 is 2.21 bits per heavy atom. The molecule has 0 saturated carbocycles. The number of ether oxygens (including phenoxy) is 2. The van der Waals surface area contributed by atoms with Crippen LogP contribution in [0.4, 0.5) is 0 Å². The Morgan fingerprint density at radius 1 is 1.53 bits per heavy atom. The van der Waals surface area contributed by atoms with Gasteiger partial charge in [-0.1, -0.05) is 0 Å². The summed E-state index contributed by atoms with van der Waals surface area (Å²) in [7, 11) is 0.